The Morgan fingerprint density at radius 3 is 3.00 bits per heavy atom. The number of hydrogen-bond donors (Lipinski definition) is 1. The van der Waals surface area contributed by atoms with Crippen molar-refractivity contribution in [3.8, 4) is 0 Å². The van der Waals surface area contributed by atoms with E-state index < -0.39 is 0 Å². The SMILES string of the molecule is CCNC(=NCCC(=O)OC(C)C)N1CCOC(c2cnn(C)c2)C1. The van der Waals surface area contributed by atoms with Crippen LogP contribution in [0.4, 0.5) is 0 Å². The molecule has 1 fully saturated rings. The topological polar surface area (TPSA) is 81.0 Å². The summed E-state index contributed by atoms with van der Waals surface area (Å²) in [5.41, 5.74) is 1.06. The number of hydrogen-bond acceptors (Lipinski definition) is 5. The summed E-state index contributed by atoms with van der Waals surface area (Å²) < 4.78 is 12.8. The molecule has 1 saturated heterocycles. The van der Waals surface area contributed by atoms with E-state index >= 15 is 0 Å². The van der Waals surface area contributed by atoms with Crippen LogP contribution in [0.3, 0.4) is 0 Å². The minimum Gasteiger partial charge on any atom is -0.463 e. The number of ether oxygens (including phenoxy) is 2. The van der Waals surface area contributed by atoms with Gasteiger partial charge >= 0.3 is 5.97 Å². The van der Waals surface area contributed by atoms with Crippen LogP contribution in [-0.4, -0.2) is 65.5 Å². The van der Waals surface area contributed by atoms with Crippen molar-refractivity contribution in [2.45, 2.75) is 39.4 Å². The lowest BCUT2D eigenvalue weighted by Gasteiger charge is -2.34. The van der Waals surface area contributed by atoms with Crippen molar-refractivity contribution in [1.82, 2.24) is 20.0 Å². The molecule has 0 spiro atoms. The number of rotatable bonds is 6. The van der Waals surface area contributed by atoms with Gasteiger partial charge in [-0.25, -0.2) is 0 Å². The first kappa shape index (κ1) is 19.2. The highest BCUT2D eigenvalue weighted by Gasteiger charge is 2.25. The largest absolute Gasteiger partial charge is 0.463 e. The minimum atomic E-state index is -0.218. The number of nitrogens with one attached hydrogen (secondary N) is 1. The summed E-state index contributed by atoms with van der Waals surface area (Å²) in [5, 5.41) is 7.50. The smallest absolute Gasteiger partial charge is 0.307 e. The first-order chi connectivity index (χ1) is 12.0. The van der Waals surface area contributed by atoms with Crippen LogP contribution < -0.4 is 5.32 Å². The number of esters is 1. The predicted octanol–water partition coefficient (Wildman–Crippen LogP) is 1.10. The van der Waals surface area contributed by atoms with Crippen LogP contribution >= 0.6 is 0 Å². The number of carbonyl (C=O) groups is 1. The standard InChI is InChI=1S/C17H29N5O3/c1-5-18-17(19-7-6-16(23)25-13(2)3)22-8-9-24-15(12-22)14-10-20-21(4)11-14/h10-11,13,15H,5-9,12H2,1-4H3,(H,18,19). The van der Waals surface area contributed by atoms with Crippen molar-refractivity contribution in [3.05, 3.63) is 18.0 Å². The van der Waals surface area contributed by atoms with Crippen LogP contribution in [0.25, 0.3) is 0 Å². The number of guanidine groups is 1. The molecule has 2 heterocycles. The molecule has 0 aliphatic carbocycles. The molecule has 0 saturated carbocycles. The second-order valence-corrected chi connectivity index (χ2v) is 6.28. The average molecular weight is 351 g/mol. The molecule has 1 atom stereocenters. The Hall–Kier alpha value is -2.09. The highest BCUT2D eigenvalue weighted by atomic mass is 16.5. The third-order valence-electron chi connectivity index (χ3n) is 3.74. The summed E-state index contributed by atoms with van der Waals surface area (Å²) in [7, 11) is 1.89. The number of aliphatic imine (C=N–C) groups is 1. The summed E-state index contributed by atoms with van der Waals surface area (Å²) in [6.45, 7) is 8.98. The third-order valence-corrected chi connectivity index (χ3v) is 3.74. The molecule has 1 aliphatic rings. The Kier molecular flexibility index (Phi) is 7.24. The van der Waals surface area contributed by atoms with E-state index in [2.05, 4.69) is 20.3 Å². The van der Waals surface area contributed by atoms with Crippen molar-refractivity contribution < 1.29 is 14.3 Å². The molecule has 1 unspecified atom stereocenters. The molecule has 1 aliphatic heterocycles. The number of carbonyl (C=O) groups excluding carboxylic acids is 1. The number of nitrogens with zero attached hydrogens (tertiary/aromatic N) is 4. The molecule has 0 aromatic carbocycles. The maximum Gasteiger partial charge on any atom is 0.307 e. The van der Waals surface area contributed by atoms with Gasteiger partial charge in [-0.2, -0.15) is 5.10 Å². The molecule has 8 heteroatoms. The number of aromatic nitrogens is 2. The Morgan fingerprint density at radius 1 is 1.56 bits per heavy atom. The molecule has 1 aromatic rings. The molecular formula is C17H29N5O3. The fourth-order valence-electron chi connectivity index (χ4n) is 2.65. The van der Waals surface area contributed by atoms with E-state index in [0.29, 0.717) is 19.7 Å². The number of aryl methyl sites for hydroxylation is 1. The van der Waals surface area contributed by atoms with Gasteiger partial charge in [-0.05, 0) is 20.8 Å². The summed E-state index contributed by atoms with van der Waals surface area (Å²) in [6, 6.07) is 0. The van der Waals surface area contributed by atoms with Gasteiger partial charge in [0.15, 0.2) is 5.96 Å². The van der Waals surface area contributed by atoms with Crippen LogP contribution in [-0.2, 0) is 21.3 Å². The van der Waals surface area contributed by atoms with E-state index in [4.69, 9.17) is 9.47 Å². The molecule has 0 amide bonds. The molecule has 140 valence electrons. The fraction of sp³-hybridized carbons (Fsp3) is 0.706. The number of morpholine rings is 1. The normalized spacial score (nSPS) is 18.5. The van der Waals surface area contributed by atoms with Crippen molar-refractivity contribution in [2.24, 2.45) is 12.0 Å². The Bertz CT molecular complexity index is 585. The average Bonchev–Trinajstić information content (AvgIpc) is 3.00. The highest BCUT2D eigenvalue weighted by molar-refractivity contribution is 5.80. The van der Waals surface area contributed by atoms with Crippen molar-refractivity contribution in [2.75, 3.05) is 32.8 Å². The maximum atomic E-state index is 11.7. The van der Waals surface area contributed by atoms with Gasteiger partial charge in [-0.1, -0.05) is 0 Å². The summed E-state index contributed by atoms with van der Waals surface area (Å²) in [4.78, 5) is 18.4. The molecule has 0 radical (unpaired) electrons. The predicted molar refractivity (Wildman–Crippen MR) is 95.3 cm³/mol. The van der Waals surface area contributed by atoms with Gasteiger partial charge in [-0.15, -0.1) is 0 Å². The lowest BCUT2D eigenvalue weighted by Crippen LogP contribution is -2.48. The fourth-order valence-corrected chi connectivity index (χ4v) is 2.65. The molecular weight excluding hydrogens is 322 g/mol. The van der Waals surface area contributed by atoms with Crippen LogP contribution in [0.5, 0.6) is 0 Å². The molecule has 1 aromatic heterocycles. The van der Waals surface area contributed by atoms with Crippen LogP contribution in [0.15, 0.2) is 17.4 Å². The molecule has 1 N–H and O–H groups in total. The molecule has 0 bridgehead atoms. The van der Waals surface area contributed by atoms with E-state index in [9.17, 15) is 4.79 Å². The van der Waals surface area contributed by atoms with Crippen molar-refractivity contribution in [1.29, 1.82) is 0 Å². The Labute approximate surface area is 149 Å². The van der Waals surface area contributed by atoms with E-state index in [-0.39, 0.29) is 24.6 Å². The van der Waals surface area contributed by atoms with Gasteiger partial charge in [0, 0.05) is 31.9 Å². The maximum absolute atomic E-state index is 11.7. The second kappa shape index (κ2) is 9.41. The first-order valence-corrected chi connectivity index (χ1v) is 8.82. The van der Waals surface area contributed by atoms with Gasteiger partial charge in [0.2, 0.25) is 0 Å². The zero-order valence-corrected chi connectivity index (χ0v) is 15.6. The molecule has 25 heavy (non-hydrogen) atoms. The zero-order chi connectivity index (χ0) is 18.2. The second-order valence-electron chi connectivity index (χ2n) is 6.28. The highest BCUT2D eigenvalue weighted by Crippen LogP contribution is 2.21. The first-order valence-electron chi connectivity index (χ1n) is 8.82. The minimum absolute atomic E-state index is 0.0304. The molecule has 2 rings (SSSR count). The third kappa shape index (κ3) is 6.04. The molecule has 8 nitrogen and oxygen atoms in total. The van der Waals surface area contributed by atoms with Crippen LogP contribution in [0.1, 0.15) is 38.9 Å². The summed E-state index contributed by atoms with van der Waals surface area (Å²) >= 11 is 0. The zero-order valence-electron chi connectivity index (χ0n) is 15.6. The van der Waals surface area contributed by atoms with Crippen LogP contribution in [0, 0.1) is 0 Å². The van der Waals surface area contributed by atoms with Gasteiger partial charge in [0.1, 0.15) is 6.10 Å². The van der Waals surface area contributed by atoms with E-state index in [0.717, 1.165) is 24.6 Å². The van der Waals surface area contributed by atoms with Gasteiger partial charge < -0.3 is 19.7 Å². The van der Waals surface area contributed by atoms with E-state index in [1.165, 1.54) is 0 Å². The van der Waals surface area contributed by atoms with E-state index in [1.54, 1.807) is 4.68 Å². The van der Waals surface area contributed by atoms with Crippen molar-refractivity contribution in [3.63, 3.8) is 0 Å². The lowest BCUT2D eigenvalue weighted by atomic mass is 10.1. The van der Waals surface area contributed by atoms with Gasteiger partial charge in [0.05, 0.1) is 38.4 Å². The summed E-state index contributed by atoms with van der Waals surface area (Å²) in [5.74, 6) is 0.585. The van der Waals surface area contributed by atoms with Crippen LogP contribution in [0.2, 0.25) is 0 Å². The lowest BCUT2D eigenvalue weighted by molar-refractivity contribution is -0.147. The summed E-state index contributed by atoms with van der Waals surface area (Å²) in [6.07, 6.45) is 3.96. The van der Waals surface area contributed by atoms with Gasteiger partial charge in [-0.3, -0.25) is 14.5 Å². The Balaban J connectivity index is 1.95. The van der Waals surface area contributed by atoms with E-state index in [1.807, 2.05) is 40.2 Å². The van der Waals surface area contributed by atoms with Crippen molar-refractivity contribution >= 4 is 11.9 Å². The monoisotopic (exact) mass is 351 g/mol. The Morgan fingerprint density at radius 2 is 2.36 bits per heavy atom. The van der Waals surface area contributed by atoms with Gasteiger partial charge in [0.25, 0.3) is 0 Å². The quantitative estimate of drug-likeness (QED) is 0.470.